The van der Waals surface area contributed by atoms with Gasteiger partial charge in [0.15, 0.2) is 6.04 Å². The number of carbonyl (C=O) groups is 2. The van der Waals surface area contributed by atoms with Gasteiger partial charge in [-0.1, -0.05) is 30.3 Å². The number of carbonyl (C=O) groups excluding carboxylic acids is 2. The summed E-state index contributed by atoms with van der Waals surface area (Å²) in [5, 5.41) is 8.03. The fourth-order valence-electron chi connectivity index (χ4n) is 2.56. The first kappa shape index (κ1) is 16.2. The minimum absolute atomic E-state index is 0.310. The SMILES string of the molecule is COC(=O)C(NC(=O)c1cc2c(C)nn(C)c2s1)c1ccccc1. The average molecular weight is 343 g/mol. The van der Waals surface area contributed by atoms with Crippen LogP contribution < -0.4 is 5.32 Å². The van der Waals surface area contributed by atoms with E-state index in [0.29, 0.717) is 10.4 Å². The van der Waals surface area contributed by atoms with Gasteiger partial charge in [-0.2, -0.15) is 5.10 Å². The molecule has 0 fully saturated rings. The molecule has 124 valence electrons. The highest BCUT2D eigenvalue weighted by Gasteiger charge is 2.25. The van der Waals surface area contributed by atoms with E-state index in [1.54, 1.807) is 22.9 Å². The Bertz CT molecular complexity index is 864. The van der Waals surface area contributed by atoms with Crippen LogP contribution in [0.25, 0.3) is 10.2 Å². The first-order valence-corrected chi connectivity index (χ1v) is 8.19. The molecule has 3 rings (SSSR count). The smallest absolute Gasteiger partial charge is 0.333 e. The van der Waals surface area contributed by atoms with Crippen LogP contribution >= 0.6 is 11.3 Å². The summed E-state index contributed by atoms with van der Waals surface area (Å²) in [6.45, 7) is 1.90. The summed E-state index contributed by atoms with van der Waals surface area (Å²) in [4.78, 5) is 26.1. The summed E-state index contributed by atoms with van der Waals surface area (Å²) in [5.74, 6) is -0.816. The number of hydrogen-bond donors (Lipinski definition) is 1. The third kappa shape index (κ3) is 2.90. The zero-order valence-electron chi connectivity index (χ0n) is 13.6. The first-order valence-electron chi connectivity index (χ1n) is 7.38. The highest BCUT2D eigenvalue weighted by Crippen LogP contribution is 2.28. The summed E-state index contributed by atoms with van der Waals surface area (Å²) < 4.78 is 6.57. The van der Waals surface area contributed by atoms with Crippen molar-refractivity contribution < 1.29 is 14.3 Å². The number of amides is 1. The van der Waals surface area contributed by atoms with Crippen molar-refractivity contribution in [1.29, 1.82) is 0 Å². The molecule has 1 aromatic carbocycles. The Hall–Kier alpha value is -2.67. The largest absolute Gasteiger partial charge is 0.467 e. The van der Waals surface area contributed by atoms with Crippen LogP contribution in [0.2, 0.25) is 0 Å². The summed E-state index contributed by atoms with van der Waals surface area (Å²) in [5.41, 5.74) is 1.55. The number of esters is 1. The molecule has 1 amide bonds. The van der Waals surface area contributed by atoms with Gasteiger partial charge in [0.2, 0.25) is 0 Å². The molecule has 0 radical (unpaired) electrons. The minimum atomic E-state index is -0.840. The highest BCUT2D eigenvalue weighted by molar-refractivity contribution is 7.20. The molecule has 0 spiro atoms. The molecule has 0 aliphatic rings. The molecule has 1 unspecified atom stereocenters. The number of methoxy groups -OCH3 is 1. The van der Waals surface area contributed by atoms with Crippen molar-refractivity contribution in [2.24, 2.45) is 7.05 Å². The molecule has 7 heteroatoms. The van der Waals surface area contributed by atoms with Gasteiger partial charge in [0.1, 0.15) is 4.83 Å². The van der Waals surface area contributed by atoms with Crippen LogP contribution in [0, 0.1) is 6.92 Å². The number of benzene rings is 1. The van der Waals surface area contributed by atoms with Crippen LogP contribution in [-0.2, 0) is 16.6 Å². The third-order valence-corrected chi connectivity index (χ3v) is 4.97. The average Bonchev–Trinajstić information content (AvgIpc) is 3.14. The maximum Gasteiger partial charge on any atom is 0.333 e. The second kappa shape index (κ2) is 6.45. The number of nitrogens with one attached hydrogen (secondary N) is 1. The maximum atomic E-state index is 12.6. The summed E-state index contributed by atoms with van der Waals surface area (Å²) in [6.07, 6.45) is 0. The van der Waals surface area contributed by atoms with Crippen molar-refractivity contribution in [3.63, 3.8) is 0 Å². The van der Waals surface area contributed by atoms with Gasteiger partial charge in [0.05, 0.1) is 17.7 Å². The first-order chi connectivity index (χ1) is 11.5. The Labute approximate surface area is 143 Å². The predicted molar refractivity (Wildman–Crippen MR) is 92.0 cm³/mol. The van der Waals surface area contributed by atoms with E-state index in [0.717, 1.165) is 15.9 Å². The molecule has 2 heterocycles. The zero-order chi connectivity index (χ0) is 17.3. The molecule has 1 atom stereocenters. The van der Waals surface area contributed by atoms with Crippen molar-refractivity contribution in [3.8, 4) is 0 Å². The van der Waals surface area contributed by atoms with Crippen molar-refractivity contribution in [2.75, 3.05) is 7.11 Å². The van der Waals surface area contributed by atoms with E-state index in [9.17, 15) is 9.59 Å². The Balaban J connectivity index is 1.89. The number of thiophene rings is 1. The number of nitrogens with zero attached hydrogens (tertiary/aromatic N) is 2. The van der Waals surface area contributed by atoms with Crippen molar-refractivity contribution in [1.82, 2.24) is 15.1 Å². The van der Waals surface area contributed by atoms with E-state index < -0.39 is 12.0 Å². The van der Waals surface area contributed by atoms with Gasteiger partial charge < -0.3 is 10.1 Å². The number of hydrogen-bond acceptors (Lipinski definition) is 5. The van der Waals surface area contributed by atoms with E-state index in [1.807, 2.05) is 32.2 Å². The van der Waals surface area contributed by atoms with Crippen LogP contribution in [0.5, 0.6) is 0 Å². The summed E-state index contributed by atoms with van der Waals surface area (Å²) in [7, 11) is 3.15. The number of aromatic nitrogens is 2. The predicted octanol–water partition coefficient (Wildman–Crippen LogP) is 2.59. The molecule has 2 aromatic heterocycles. The van der Waals surface area contributed by atoms with Crippen LogP contribution in [-0.4, -0.2) is 28.8 Å². The molecule has 6 nitrogen and oxygen atoms in total. The van der Waals surface area contributed by atoms with E-state index in [2.05, 4.69) is 10.4 Å². The van der Waals surface area contributed by atoms with Crippen LogP contribution in [0.3, 0.4) is 0 Å². The van der Waals surface area contributed by atoms with Gasteiger partial charge in [-0.25, -0.2) is 4.79 Å². The Kier molecular flexibility index (Phi) is 4.35. The van der Waals surface area contributed by atoms with Crippen LogP contribution in [0.1, 0.15) is 27.0 Å². The maximum absolute atomic E-state index is 12.6. The standard InChI is InChI=1S/C17H17N3O3S/c1-10-12-9-13(24-16(12)20(2)19-10)15(21)18-14(17(22)23-3)11-7-5-4-6-8-11/h4-9,14H,1-3H3,(H,18,21). The van der Waals surface area contributed by atoms with E-state index in [-0.39, 0.29) is 5.91 Å². The van der Waals surface area contributed by atoms with E-state index in [1.165, 1.54) is 18.4 Å². The van der Waals surface area contributed by atoms with Gasteiger partial charge in [-0.05, 0) is 18.6 Å². The topological polar surface area (TPSA) is 73.2 Å². The molecular weight excluding hydrogens is 326 g/mol. The Morgan fingerprint density at radius 3 is 2.62 bits per heavy atom. The van der Waals surface area contributed by atoms with Crippen molar-refractivity contribution in [3.05, 3.63) is 52.5 Å². The molecular formula is C17H17N3O3S. The van der Waals surface area contributed by atoms with Gasteiger partial charge in [-0.3, -0.25) is 9.48 Å². The summed E-state index contributed by atoms with van der Waals surface area (Å²) in [6, 6.07) is 9.99. The molecule has 0 bridgehead atoms. The quantitative estimate of drug-likeness (QED) is 0.739. The van der Waals surface area contributed by atoms with Crippen LogP contribution in [0.15, 0.2) is 36.4 Å². The molecule has 0 aliphatic carbocycles. The lowest BCUT2D eigenvalue weighted by atomic mass is 10.1. The minimum Gasteiger partial charge on any atom is -0.467 e. The second-order valence-corrected chi connectivity index (χ2v) is 6.41. The molecule has 24 heavy (non-hydrogen) atoms. The lowest BCUT2D eigenvalue weighted by Gasteiger charge is -2.16. The highest BCUT2D eigenvalue weighted by atomic mass is 32.1. The van der Waals surface area contributed by atoms with E-state index >= 15 is 0 Å². The molecule has 0 saturated carbocycles. The second-order valence-electron chi connectivity index (χ2n) is 5.38. The lowest BCUT2D eigenvalue weighted by Crippen LogP contribution is -2.34. The van der Waals surface area contributed by atoms with Gasteiger partial charge in [0, 0.05) is 12.4 Å². The van der Waals surface area contributed by atoms with Gasteiger partial charge in [-0.15, -0.1) is 11.3 Å². The zero-order valence-corrected chi connectivity index (χ0v) is 14.4. The monoisotopic (exact) mass is 343 g/mol. The molecule has 3 aromatic rings. The fourth-order valence-corrected chi connectivity index (χ4v) is 3.59. The number of aryl methyl sites for hydroxylation is 2. The van der Waals surface area contributed by atoms with Crippen LogP contribution in [0.4, 0.5) is 0 Å². The third-order valence-electron chi connectivity index (χ3n) is 3.77. The number of rotatable bonds is 4. The van der Waals surface area contributed by atoms with Crippen molar-refractivity contribution >= 4 is 33.4 Å². The van der Waals surface area contributed by atoms with E-state index in [4.69, 9.17) is 4.74 Å². The molecule has 1 N–H and O–H groups in total. The van der Waals surface area contributed by atoms with Crippen molar-refractivity contribution in [2.45, 2.75) is 13.0 Å². The Morgan fingerprint density at radius 1 is 1.29 bits per heavy atom. The number of ether oxygens (including phenoxy) is 1. The number of fused-ring (bicyclic) bond motifs is 1. The Morgan fingerprint density at radius 2 is 2.00 bits per heavy atom. The summed E-state index contributed by atoms with van der Waals surface area (Å²) >= 11 is 1.35. The normalized spacial score (nSPS) is 12.1. The van der Waals surface area contributed by atoms with Gasteiger partial charge in [0.25, 0.3) is 5.91 Å². The molecule has 0 aliphatic heterocycles. The fraction of sp³-hybridized carbons (Fsp3) is 0.235. The lowest BCUT2D eigenvalue weighted by molar-refractivity contribution is -0.143. The van der Waals surface area contributed by atoms with Gasteiger partial charge >= 0.3 is 5.97 Å². The molecule has 0 saturated heterocycles.